The molecule has 100 valence electrons. The maximum atomic E-state index is 5.83. The SMILES string of the molecule is CCNCc1cc(CN2CC3CCC(C2)O3)on1. The zero-order valence-corrected chi connectivity index (χ0v) is 10.9. The Balaban J connectivity index is 1.54. The van der Waals surface area contributed by atoms with Gasteiger partial charge in [0, 0.05) is 25.7 Å². The Bertz CT molecular complexity index is 381. The average molecular weight is 251 g/mol. The zero-order chi connectivity index (χ0) is 12.4. The van der Waals surface area contributed by atoms with Crippen molar-refractivity contribution < 1.29 is 9.26 Å². The topological polar surface area (TPSA) is 50.5 Å². The Morgan fingerprint density at radius 2 is 2.17 bits per heavy atom. The number of ether oxygens (including phenoxy) is 1. The van der Waals surface area contributed by atoms with Gasteiger partial charge in [-0.15, -0.1) is 0 Å². The van der Waals surface area contributed by atoms with Gasteiger partial charge in [0.15, 0.2) is 5.76 Å². The van der Waals surface area contributed by atoms with Crippen molar-refractivity contribution in [1.82, 2.24) is 15.4 Å². The quantitative estimate of drug-likeness (QED) is 0.850. The number of nitrogens with zero attached hydrogens (tertiary/aromatic N) is 2. The fourth-order valence-corrected chi connectivity index (χ4v) is 2.82. The Hall–Kier alpha value is -0.910. The summed E-state index contributed by atoms with van der Waals surface area (Å²) in [6.07, 6.45) is 3.30. The van der Waals surface area contributed by atoms with Crippen molar-refractivity contribution in [1.29, 1.82) is 0 Å². The van der Waals surface area contributed by atoms with Crippen molar-refractivity contribution in [2.24, 2.45) is 0 Å². The molecule has 3 rings (SSSR count). The summed E-state index contributed by atoms with van der Waals surface area (Å²) < 4.78 is 11.2. The van der Waals surface area contributed by atoms with Crippen molar-refractivity contribution >= 4 is 0 Å². The fraction of sp³-hybridized carbons (Fsp3) is 0.769. The normalized spacial score (nSPS) is 27.8. The number of morpholine rings is 1. The van der Waals surface area contributed by atoms with Crippen molar-refractivity contribution in [2.45, 2.75) is 45.1 Å². The van der Waals surface area contributed by atoms with Crippen molar-refractivity contribution in [3.05, 3.63) is 17.5 Å². The van der Waals surface area contributed by atoms with E-state index in [1.165, 1.54) is 12.8 Å². The minimum atomic E-state index is 0.438. The molecule has 0 radical (unpaired) electrons. The lowest BCUT2D eigenvalue weighted by atomic mass is 10.2. The molecular formula is C13H21N3O2. The van der Waals surface area contributed by atoms with Crippen LogP contribution >= 0.6 is 0 Å². The zero-order valence-electron chi connectivity index (χ0n) is 10.9. The molecule has 5 heteroatoms. The molecule has 2 atom stereocenters. The highest BCUT2D eigenvalue weighted by Crippen LogP contribution is 2.27. The van der Waals surface area contributed by atoms with E-state index < -0.39 is 0 Å². The van der Waals surface area contributed by atoms with Crippen LogP contribution in [-0.2, 0) is 17.8 Å². The summed E-state index contributed by atoms with van der Waals surface area (Å²) in [4.78, 5) is 2.42. The highest BCUT2D eigenvalue weighted by molar-refractivity contribution is 5.05. The molecule has 1 aromatic rings. The minimum absolute atomic E-state index is 0.438. The van der Waals surface area contributed by atoms with E-state index >= 15 is 0 Å². The molecule has 2 aliphatic rings. The molecule has 2 bridgehead atoms. The third-order valence-electron chi connectivity index (χ3n) is 3.66. The molecule has 5 nitrogen and oxygen atoms in total. The molecule has 0 aliphatic carbocycles. The first kappa shape index (κ1) is 12.1. The summed E-state index contributed by atoms with van der Waals surface area (Å²) in [5, 5.41) is 7.33. The van der Waals surface area contributed by atoms with Gasteiger partial charge >= 0.3 is 0 Å². The van der Waals surface area contributed by atoms with Gasteiger partial charge in [-0.25, -0.2) is 0 Å². The number of fused-ring (bicyclic) bond motifs is 2. The maximum absolute atomic E-state index is 5.83. The van der Waals surface area contributed by atoms with Gasteiger partial charge in [-0.1, -0.05) is 12.1 Å². The molecule has 1 N–H and O–H groups in total. The Morgan fingerprint density at radius 1 is 1.39 bits per heavy atom. The van der Waals surface area contributed by atoms with Crippen LogP contribution < -0.4 is 5.32 Å². The van der Waals surface area contributed by atoms with Crippen molar-refractivity contribution in [3.63, 3.8) is 0 Å². The summed E-state index contributed by atoms with van der Waals surface area (Å²) in [5.41, 5.74) is 0.989. The second-order valence-electron chi connectivity index (χ2n) is 5.22. The monoisotopic (exact) mass is 251 g/mol. The van der Waals surface area contributed by atoms with Gasteiger partial charge in [0.2, 0.25) is 0 Å². The summed E-state index contributed by atoms with van der Waals surface area (Å²) >= 11 is 0. The third kappa shape index (κ3) is 2.74. The Morgan fingerprint density at radius 3 is 2.89 bits per heavy atom. The molecule has 18 heavy (non-hydrogen) atoms. The molecule has 3 heterocycles. The predicted molar refractivity (Wildman–Crippen MR) is 67.1 cm³/mol. The number of aromatic nitrogens is 1. The van der Waals surface area contributed by atoms with Crippen LogP contribution in [0, 0.1) is 0 Å². The number of hydrogen-bond donors (Lipinski definition) is 1. The summed E-state index contributed by atoms with van der Waals surface area (Å²) in [7, 11) is 0. The van der Waals surface area contributed by atoms with Crippen LogP contribution in [0.5, 0.6) is 0 Å². The highest BCUT2D eigenvalue weighted by atomic mass is 16.5. The first-order chi connectivity index (χ1) is 8.83. The first-order valence-corrected chi connectivity index (χ1v) is 6.86. The van der Waals surface area contributed by atoms with Crippen molar-refractivity contribution in [3.8, 4) is 0 Å². The maximum Gasteiger partial charge on any atom is 0.151 e. The highest BCUT2D eigenvalue weighted by Gasteiger charge is 2.33. The summed E-state index contributed by atoms with van der Waals surface area (Å²) in [6, 6.07) is 2.06. The smallest absolute Gasteiger partial charge is 0.151 e. The predicted octanol–water partition coefficient (Wildman–Crippen LogP) is 1.15. The molecule has 1 aromatic heterocycles. The molecule has 2 saturated heterocycles. The van der Waals surface area contributed by atoms with E-state index in [0.29, 0.717) is 12.2 Å². The van der Waals surface area contributed by atoms with E-state index in [1.807, 2.05) is 0 Å². The second kappa shape index (κ2) is 5.38. The van der Waals surface area contributed by atoms with Gasteiger partial charge < -0.3 is 14.6 Å². The third-order valence-corrected chi connectivity index (χ3v) is 3.66. The number of hydrogen-bond acceptors (Lipinski definition) is 5. The summed E-state index contributed by atoms with van der Waals surface area (Å²) in [5.74, 6) is 0.962. The van der Waals surface area contributed by atoms with Crippen molar-refractivity contribution in [2.75, 3.05) is 19.6 Å². The van der Waals surface area contributed by atoms with E-state index in [1.54, 1.807) is 0 Å². The van der Waals surface area contributed by atoms with Crippen LogP contribution in [0.4, 0.5) is 0 Å². The largest absolute Gasteiger partial charge is 0.372 e. The van der Waals surface area contributed by atoms with Gasteiger partial charge in [0.1, 0.15) is 0 Å². The lowest BCUT2D eigenvalue weighted by Crippen LogP contribution is -2.41. The molecule has 2 unspecified atom stereocenters. The molecule has 0 spiro atoms. The van der Waals surface area contributed by atoms with Gasteiger partial charge in [-0.05, 0) is 19.4 Å². The summed E-state index contributed by atoms with van der Waals surface area (Å²) in [6.45, 7) is 6.74. The van der Waals surface area contributed by atoms with Gasteiger partial charge in [-0.3, -0.25) is 4.90 Å². The van der Waals surface area contributed by atoms with Gasteiger partial charge in [0.05, 0.1) is 24.4 Å². The van der Waals surface area contributed by atoms with E-state index in [9.17, 15) is 0 Å². The van der Waals surface area contributed by atoms with Gasteiger partial charge in [0.25, 0.3) is 0 Å². The Kier molecular flexibility index (Phi) is 3.63. The molecule has 2 fully saturated rings. The van der Waals surface area contributed by atoms with Crippen LogP contribution in [-0.4, -0.2) is 41.9 Å². The van der Waals surface area contributed by atoms with Crippen LogP contribution in [0.15, 0.2) is 10.6 Å². The number of likely N-dealkylation sites (tertiary alicyclic amines) is 1. The van der Waals surface area contributed by atoms with Crippen LogP contribution in [0.25, 0.3) is 0 Å². The van der Waals surface area contributed by atoms with Crippen LogP contribution in [0.1, 0.15) is 31.2 Å². The number of rotatable bonds is 5. The molecule has 0 amide bonds. The van der Waals surface area contributed by atoms with E-state index in [0.717, 1.165) is 44.2 Å². The lowest BCUT2D eigenvalue weighted by molar-refractivity contribution is -0.0431. The first-order valence-electron chi connectivity index (χ1n) is 6.86. The van der Waals surface area contributed by atoms with Crippen LogP contribution in [0.3, 0.4) is 0 Å². The average Bonchev–Trinajstić information content (AvgIpc) is 2.94. The van der Waals surface area contributed by atoms with Gasteiger partial charge in [-0.2, -0.15) is 0 Å². The van der Waals surface area contributed by atoms with E-state index in [4.69, 9.17) is 9.26 Å². The van der Waals surface area contributed by atoms with E-state index in [2.05, 4.69) is 28.4 Å². The Labute approximate surface area is 107 Å². The molecular weight excluding hydrogens is 230 g/mol. The lowest BCUT2D eigenvalue weighted by Gasteiger charge is -2.31. The standard InChI is InChI=1S/C13H21N3O2/c1-2-14-6-10-5-13(18-15-10)9-16-7-11-3-4-12(8-16)17-11/h5,11-12,14H,2-4,6-9H2,1H3. The van der Waals surface area contributed by atoms with Crippen LogP contribution in [0.2, 0.25) is 0 Å². The van der Waals surface area contributed by atoms with E-state index in [-0.39, 0.29) is 0 Å². The molecule has 2 aliphatic heterocycles. The second-order valence-corrected chi connectivity index (χ2v) is 5.22. The minimum Gasteiger partial charge on any atom is -0.372 e. The molecule has 0 aromatic carbocycles. The fourth-order valence-electron chi connectivity index (χ4n) is 2.82. The molecule has 0 saturated carbocycles. The number of nitrogens with one attached hydrogen (secondary N) is 1.